The number of phenolic OH excluding ortho intramolecular Hbond substituents is 1. The summed E-state index contributed by atoms with van der Waals surface area (Å²) in [6, 6.07) is 8.67. The van der Waals surface area contributed by atoms with Gasteiger partial charge < -0.3 is 34.4 Å². The van der Waals surface area contributed by atoms with E-state index in [-0.39, 0.29) is 5.75 Å². The highest BCUT2D eigenvalue weighted by Gasteiger charge is 2.51. The fourth-order valence-electron chi connectivity index (χ4n) is 3.85. The number of hydrogen-bond acceptors (Lipinski definition) is 7. The lowest BCUT2D eigenvalue weighted by Crippen LogP contribution is -2.51. The summed E-state index contributed by atoms with van der Waals surface area (Å²) in [5, 5.41) is 32.0. The summed E-state index contributed by atoms with van der Waals surface area (Å²) in [7, 11) is 8.30. The summed E-state index contributed by atoms with van der Waals surface area (Å²) in [6.45, 7) is 0. The quantitative estimate of drug-likeness (QED) is 0.697. The number of rotatable bonds is 6. The zero-order valence-electron chi connectivity index (χ0n) is 16.7. The number of anilines is 1. The van der Waals surface area contributed by atoms with Crippen LogP contribution in [-0.2, 0) is 0 Å². The van der Waals surface area contributed by atoms with E-state index < -0.39 is 24.0 Å². The first-order chi connectivity index (χ1) is 13.3. The van der Waals surface area contributed by atoms with E-state index in [2.05, 4.69) is 0 Å². The molecule has 0 spiro atoms. The van der Waals surface area contributed by atoms with Crippen LogP contribution in [0.15, 0.2) is 30.3 Å². The minimum absolute atomic E-state index is 0.0534. The highest BCUT2D eigenvalue weighted by atomic mass is 16.5. The Hall–Kier alpha value is -2.64. The lowest BCUT2D eigenvalue weighted by Gasteiger charge is -2.47. The molecule has 0 heterocycles. The van der Waals surface area contributed by atoms with Crippen LogP contribution in [0.3, 0.4) is 0 Å². The molecule has 2 aromatic rings. The van der Waals surface area contributed by atoms with Crippen molar-refractivity contribution in [1.29, 1.82) is 0 Å². The molecule has 0 aliphatic heterocycles. The Labute approximate surface area is 164 Å². The van der Waals surface area contributed by atoms with Gasteiger partial charge in [0.05, 0.1) is 33.5 Å². The average molecular weight is 389 g/mol. The maximum atomic E-state index is 10.8. The van der Waals surface area contributed by atoms with Gasteiger partial charge in [0, 0.05) is 43.2 Å². The van der Waals surface area contributed by atoms with Gasteiger partial charge in [-0.05, 0) is 23.8 Å². The second kappa shape index (κ2) is 7.77. The first-order valence-electron chi connectivity index (χ1n) is 9.00. The molecule has 7 nitrogen and oxygen atoms in total. The van der Waals surface area contributed by atoms with Gasteiger partial charge in [-0.25, -0.2) is 0 Å². The second-order valence-electron chi connectivity index (χ2n) is 7.13. The molecule has 1 saturated carbocycles. The number of aliphatic hydroxyl groups excluding tert-OH is 2. The smallest absolute Gasteiger partial charge is 0.203 e. The molecule has 2 unspecified atom stereocenters. The van der Waals surface area contributed by atoms with Gasteiger partial charge in [0.25, 0.3) is 0 Å². The number of aromatic hydroxyl groups is 1. The van der Waals surface area contributed by atoms with Crippen LogP contribution in [-0.4, -0.2) is 63.0 Å². The van der Waals surface area contributed by atoms with Crippen LogP contribution >= 0.6 is 0 Å². The van der Waals surface area contributed by atoms with Crippen molar-refractivity contribution in [3.63, 3.8) is 0 Å². The van der Waals surface area contributed by atoms with Crippen molar-refractivity contribution in [2.75, 3.05) is 40.3 Å². The van der Waals surface area contributed by atoms with E-state index in [4.69, 9.17) is 14.2 Å². The molecule has 0 saturated heterocycles. The monoisotopic (exact) mass is 389 g/mol. The van der Waals surface area contributed by atoms with Crippen LogP contribution in [0.4, 0.5) is 5.69 Å². The lowest BCUT2D eigenvalue weighted by atomic mass is 9.63. The molecular formula is C21H27NO6. The Morgan fingerprint density at radius 2 is 1.39 bits per heavy atom. The highest BCUT2D eigenvalue weighted by Crippen LogP contribution is 2.52. The van der Waals surface area contributed by atoms with Crippen molar-refractivity contribution in [2.45, 2.75) is 24.0 Å². The third kappa shape index (κ3) is 3.21. The van der Waals surface area contributed by atoms with Crippen molar-refractivity contribution in [3.8, 4) is 23.0 Å². The standard InChI is InChI=1S/C21H27NO6/c1-22(2)12-6-7-13(14(23)10-12)18-19(24)17(20(18)25)11-8-15(26-3)21(28-5)16(9-11)27-4/h6-10,17-20,23-25H,1-5H3. The third-order valence-electron chi connectivity index (χ3n) is 5.43. The first kappa shape index (κ1) is 20.1. The SMILES string of the molecule is COc1cc(C2C(O)C(c3ccc(N(C)C)cc3O)C2O)cc(OC)c1OC. The van der Waals surface area contributed by atoms with Crippen LogP contribution in [0, 0.1) is 0 Å². The van der Waals surface area contributed by atoms with Crippen LogP contribution in [0.1, 0.15) is 23.0 Å². The number of hydrogen-bond donors (Lipinski definition) is 3. The van der Waals surface area contributed by atoms with E-state index >= 15 is 0 Å². The number of methoxy groups -OCH3 is 3. The molecule has 2 atom stereocenters. The molecular weight excluding hydrogens is 362 g/mol. The third-order valence-corrected chi connectivity index (χ3v) is 5.43. The summed E-state index contributed by atoms with van der Waals surface area (Å²) in [5.74, 6) is 0.297. The van der Waals surface area contributed by atoms with Gasteiger partial charge in [-0.3, -0.25) is 0 Å². The van der Waals surface area contributed by atoms with E-state index in [1.54, 1.807) is 24.3 Å². The molecule has 3 N–H and O–H groups in total. The summed E-state index contributed by atoms with van der Waals surface area (Å²) in [6.07, 6.45) is -1.73. The number of nitrogens with zero attached hydrogens (tertiary/aromatic N) is 1. The molecule has 0 radical (unpaired) electrons. The number of phenols is 1. The van der Waals surface area contributed by atoms with Crippen LogP contribution in [0.25, 0.3) is 0 Å². The van der Waals surface area contributed by atoms with Crippen LogP contribution in [0.2, 0.25) is 0 Å². The summed E-state index contributed by atoms with van der Waals surface area (Å²) >= 11 is 0. The molecule has 3 rings (SSSR count). The number of aliphatic hydroxyl groups is 2. The molecule has 0 aromatic heterocycles. The zero-order chi connectivity index (χ0) is 20.6. The molecule has 152 valence electrons. The van der Waals surface area contributed by atoms with Gasteiger partial charge >= 0.3 is 0 Å². The molecule has 0 amide bonds. The first-order valence-corrected chi connectivity index (χ1v) is 9.00. The highest BCUT2D eigenvalue weighted by molar-refractivity contribution is 5.57. The fourth-order valence-corrected chi connectivity index (χ4v) is 3.85. The topological polar surface area (TPSA) is 91.6 Å². The maximum absolute atomic E-state index is 10.8. The van der Waals surface area contributed by atoms with Gasteiger partial charge in [0.2, 0.25) is 5.75 Å². The zero-order valence-corrected chi connectivity index (χ0v) is 16.7. The summed E-state index contributed by atoms with van der Waals surface area (Å²) < 4.78 is 16.0. The molecule has 2 aromatic carbocycles. The normalized spacial score (nSPS) is 23.7. The van der Waals surface area contributed by atoms with Crippen molar-refractivity contribution >= 4 is 5.69 Å². The fraction of sp³-hybridized carbons (Fsp3) is 0.429. The van der Waals surface area contributed by atoms with E-state index in [1.807, 2.05) is 25.1 Å². The Balaban J connectivity index is 1.92. The van der Waals surface area contributed by atoms with E-state index in [0.29, 0.717) is 28.4 Å². The van der Waals surface area contributed by atoms with Crippen molar-refractivity contribution < 1.29 is 29.5 Å². The molecule has 7 heteroatoms. The Bertz CT molecular complexity index is 818. The molecule has 0 bridgehead atoms. The summed E-state index contributed by atoms with van der Waals surface area (Å²) in [5.41, 5.74) is 2.04. The van der Waals surface area contributed by atoms with Crippen LogP contribution < -0.4 is 19.1 Å². The molecule has 1 fully saturated rings. The second-order valence-corrected chi connectivity index (χ2v) is 7.13. The lowest BCUT2D eigenvalue weighted by molar-refractivity contribution is -0.0792. The van der Waals surface area contributed by atoms with E-state index in [0.717, 1.165) is 5.69 Å². The Morgan fingerprint density at radius 3 is 1.82 bits per heavy atom. The van der Waals surface area contributed by atoms with Gasteiger partial charge in [0.1, 0.15) is 5.75 Å². The summed E-state index contributed by atoms with van der Waals surface area (Å²) in [4.78, 5) is 1.87. The number of ether oxygens (including phenoxy) is 3. The predicted octanol–water partition coefficient (Wildman–Crippen LogP) is 2.09. The van der Waals surface area contributed by atoms with Gasteiger partial charge in [0.15, 0.2) is 11.5 Å². The van der Waals surface area contributed by atoms with E-state index in [9.17, 15) is 15.3 Å². The van der Waals surface area contributed by atoms with Crippen molar-refractivity contribution in [2.24, 2.45) is 0 Å². The minimum Gasteiger partial charge on any atom is -0.508 e. The van der Waals surface area contributed by atoms with Crippen molar-refractivity contribution in [1.82, 2.24) is 0 Å². The Morgan fingerprint density at radius 1 is 0.821 bits per heavy atom. The average Bonchev–Trinajstić information content (AvgIpc) is 2.68. The Kier molecular flexibility index (Phi) is 5.58. The predicted molar refractivity (Wildman–Crippen MR) is 106 cm³/mol. The largest absolute Gasteiger partial charge is 0.508 e. The van der Waals surface area contributed by atoms with Crippen LogP contribution in [0.5, 0.6) is 23.0 Å². The van der Waals surface area contributed by atoms with Gasteiger partial charge in [-0.1, -0.05) is 6.07 Å². The number of benzene rings is 2. The minimum atomic E-state index is -0.867. The van der Waals surface area contributed by atoms with Gasteiger partial charge in [-0.15, -0.1) is 0 Å². The maximum Gasteiger partial charge on any atom is 0.203 e. The van der Waals surface area contributed by atoms with Crippen molar-refractivity contribution in [3.05, 3.63) is 41.5 Å². The molecule has 1 aliphatic rings. The molecule has 1 aliphatic carbocycles. The van der Waals surface area contributed by atoms with Gasteiger partial charge in [-0.2, -0.15) is 0 Å². The van der Waals surface area contributed by atoms with E-state index in [1.165, 1.54) is 21.3 Å². The molecule has 28 heavy (non-hydrogen) atoms.